The molecule has 128 valence electrons. The van der Waals surface area contributed by atoms with Gasteiger partial charge in [-0.15, -0.1) is 0 Å². The Morgan fingerprint density at radius 2 is 2.17 bits per heavy atom. The fourth-order valence-electron chi connectivity index (χ4n) is 2.91. The zero-order valence-electron chi connectivity index (χ0n) is 14.0. The van der Waals surface area contributed by atoms with Crippen molar-refractivity contribution in [1.29, 1.82) is 0 Å². The van der Waals surface area contributed by atoms with Gasteiger partial charge in [-0.1, -0.05) is 12.1 Å². The van der Waals surface area contributed by atoms with Gasteiger partial charge in [0.1, 0.15) is 0 Å². The summed E-state index contributed by atoms with van der Waals surface area (Å²) in [7, 11) is 0. The third kappa shape index (κ3) is 4.14. The van der Waals surface area contributed by atoms with E-state index in [1.165, 1.54) is 6.42 Å². The Hall–Kier alpha value is -2.34. The van der Waals surface area contributed by atoms with Gasteiger partial charge in [-0.05, 0) is 49.9 Å². The van der Waals surface area contributed by atoms with Crippen LogP contribution in [0, 0.1) is 0 Å². The number of H-pyrrole nitrogens is 1. The molecule has 2 N–H and O–H groups in total. The molecule has 6 heteroatoms. The van der Waals surface area contributed by atoms with Gasteiger partial charge in [0.15, 0.2) is 0 Å². The van der Waals surface area contributed by atoms with E-state index in [1.54, 1.807) is 11.1 Å². The van der Waals surface area contributed by atoms with Crippen molar-refractivity contribution in [2.45, 2.75) is 32.3 Å². The maximum Gasteiger partial charge on any atom is 0.321 e. The summed E-state index contributed by atoms with van der Waals surface area (Å²) in [6.45, 7) is 4.11. The van der Waals surface area contributed by atoms with Gasteiger partial charge < -0.3 is 15.0 Å². The molecule has 3 rings (SSSR count). The van der Waals surface area contributed by atoms with E-state index in [1.807, 2.05) is 37.3 Å². The minimum absolute atomic E-state index is 0.0824. The molecule has 2 amide bonds. The molecule has 1 saturated heterocycles. The smallest absolute Gasteiger partial charge is 0.321 e. The van der Waals surface area contributed by atoms with Gasteiger partial charge in [-0.3, -0.25) is 5.10 Å². The Bertz CT molecular complexity index is 634. The van der Waals surface area contributed by atoms with Gasteiger partial charge >= 0.3 is 6.03 Å². The predicted octanol–water partition coefficient (Wildman–Crippen LogP) is 3.50. The highest BCUT2D eigenvalue weighted by Crippen LogP contribution is 2.19. The van der Waals surface area contributed by atoms with Crippen LogP contribution < -0.4 is 5.32 Å². The van der Waals surface area contributed by atoms with E-state index in [0.717, 1.165) is 36.4 Å². The second-order valence-electron chi connectivity index (χ2n) is 6.01. The summed E-state index contributed by atoms with van der Waals surface area (Å²) in [5.41, 5.74) is 2.78. The summed E-state index contributed by atoms with van der Waals surface area (Å²) in [6.07, 6.45) is 5.21. The van der Waals surface area contributed by atoms with Crippen LogP contribution >= 0.6 is 0 Å². The van der Waals surface area contributed by atoms with Crippen LogP contribution in [0.1, 0.15) is 26.2 Å². The number of likely N-dealkylation sites (N-methyl/N-ethyl adjacent to an activating group) is 1. The largest absolute Gasteiger partial charge is 0.376 e. The molecular formula is C18H24N4O2. The topological polar surface area (TPSA) is 70.2 Å². The number of aromatic nitrogens is 2. The summed E-state index contributed by atoms with van der Waals surface area (Å²) < 4.78 is 5.74. The number of anilines is 1. The number of nitrogens with one attached hydrogen (secondary N) is 2. The third-order valence-electron chi connectivity index (χ3n) is 4.31. The standard InChI is InChI=1S/C18H24N4O2/c1-2-22(13-16-5-3-4-12-24-16)18(23)20-15-8-6-14(7-9-15)17-10-11-19-21-17/h6-11,16H,2-5,12-13H2,1H3,(H,19,21)(H,20,23). The molecule has 1 aliphatic heterocycles. The van der Waals surface area contributed by atoms with Crippen molar-refractivity contribution in [3.63, 3.8) is 0 Å². The fraction of sp³-hybridized carbons (Fsp3) is 0.444. The quantitative estimate of drug-likeness (QED) is 0.882. The van der Waals surface area contributed by atoms with Crippen molar-refractivity contribution in [3.05, 3.63) is 36.5 Å². The number of benzene rings is 1. The van der Waals surface area contributed by atoms with E-state index in [-0.39, 0.29) is 12.1 Å². The summed E-state index contributed by atoms with van der Waals surface area (Å²) in [5, 5.41) is 9.83. The summed E-state index contributed by atoms with van der Waals surface area (Å²) >= 11 is 0. The van der Waals surface area contributed by atoms with Crippen molar-refractivity contribution in [1.82, 2.24) is 15.1 Å². The molecule has 1 fully saturated rings. The molecule has 1 atom stereocenters. The van der Waals surface area contributed by atoms with Crippen LogP contribution in [0.3, 0.4) is 0 Å². The minimum Gasteiger partial charge on any atom is -0.376 e. The SMILES string of the molecule is CCN(CC1CCCCO1)C(=O)Nc1ccc(-c2ccn[nH]2)cc1. The van der Waals surface area contributed by atoms with Gasteiger partial charge in [-0.2, -0.15) is 5.10 Å². The number of rotatable bonds is 5. The fourth-order valence-corrected chi connectivity index (χ4v) is 2.91. The molecule has 1 unspecified atom stereocenters. The average Bonchev–Trinajstić information content (AvgIpc) is 3.16. The zero-order chi connectivity index (χ0) is 16.8. The molecule has 1 aromatic carbocycles. The van der Waals surface area contributed by atoms with Gasteiger partial charge in [0, 0.05) is 31.6 Å². The third-order valence-corrected chi connectivity index (χ3v) is 4.31. The zero-order valence-corrected chi connectivity index (χ0v) is 14.0. The Kier molecular flexibility index (Phi) is 5.48. The first-order valence-corrected chi connectivity index (χ1v) is 8.53. The summed E-state index contributed by atoms with van der Waals surface area (Å²) in [5.74, 6) is 0. The number of hydrogen-bond donors (Lipinski definition) is 2. The highest BCUT2D eigenvalue weighted by Gasteiger charge is 2.20. The Labute approximate surface area is 142 Å². The van der Waals surface area contributed by atoms with Crippen molar-refractivity contribution >= 4 is 11.7 Å². The first-order chi connectivity index (χ1) is 11.8. The lowest BCUT2D eigenvalue weighted by Crippen LogP contribution is -2.41. The first kappa shape index (κ1) is 16.5. The second-order valence-corrected chi connectivity index (χ2v) is 6.01. The molecule has 6 nitrogen and oxygen atoms in total. The van der Waals surface area contributed by atoms with Crippen LogP contribution in [-0.4, -0.2) is 46.9 Å². The molecular weight excluding hydrogens is 304 g/mol. The van der Waals surface area contributed by atoms with Crippen molar-refractivity contribution in [2.75, 3.05) is 25.0 Å². The summed E-state index contributed by atoms with van der Waals surface area (Å²) in [4.78, 5) is 14.3. The molecule has 1 aliphatic rings. The Balaban J connectivity index is 1.58. The average molecular weight is 328 g/mol. The molecule has 0 spiro atoms. The van der Waals surface area contributed by atoms with E-state index >= 15 is 0 Å². The Morgan fingerprint density at radius 1 is 1.33 bits per heavy atom. The lowest BCUT2D eigenvalue weighted by molar-refractivity contribution is 0.00221. The molecule has 24 heavy (non-hydrogen) atoms. The molecule has 0 bridgehead atoms. The van der Waals surface area contributed by atoms with E-state index in [4.69, 9.17) is 4.74 Å². The normalized spacial score (nSPS) is 17.5. The monoisotopic (exact) mass is 328 g/mol. The van der Waals surface area contributed by atoms with Crippen LogP contribution in [0.2, 0.25) is 0 Å². The van der Waals surface area contributed by atoms with Crippen LogP contribution in [0.15, 0.2) is 36.5 Å². The van der Waals surface area contributed by atoms with E-state index < -0.39 is 0 Å². The number of nitrogens with zero attached hydrogens (tertiary/aromatic N) is 2. The maximum atomic E-state index is 12.5. The highest BCUT2D eigenvalue weighted by molar-refractivity contribution is 5.89. The minimum atomic E-state index is -0.0824. The maximum absolute atomic E-state index is 12.5. The molecule has 2 heterocycles. The molecule has 0 radical (unpaired) electrons. The molecule has 2 aromatic rings. The van der Waals surface area contributed by atoms with Gasteiger partial charge in [-0.25, -0.2) is 4.79 Å². The van der Waals surface area contributed by atoms with Gasteiger partial charge in [0.25, 0.3) is 0 Å². The summed E-state index contributed by atoms with van der Waals surface area (Å²) in [6, 6.07) is 9.56. The van der Waals surface area contributed by atoms with Gasteiger partial charge in [0.05, 0.1) is 11.8 Å². The predicted molar refractivity (Wildman–Crippen MR) is 93.9 cm³/mol. The molecule has 1 aromatic heterocycles. The number of carbonyl (C=O) groups excluding carboxylic acids is 1. The van der Waals surface area contributed by atoms with Crippen molar-refractivity contribution < 1.29 is 9.53 Å². The van der Waals surface area contributed by atoms with E-state index in [2.05, 4.69) is 15.5 Å². The molecule has 0 saturated carbocycles. The lowest BCUT2D eigenvalue weighted by Gasteiger charge is -2.29. The first-order valence-electron chi connectivity index (χ1n) is 8.53. The van der Waals surface area contributed by atoms with Gasteiger partial charge in [0.2, 0.25) is 0 Å². The van der Waals surface area contributed by atoms with Crippen molar-refractivity contribution in [3.8, 4) is 11.3 Å². The number of hydrogen-bond acceptors (Lipinski definition) is 3. The van der Waals surface area contributed by atoms with E-state index in [9.17, 15) is 4.79 Å². The van der Waals surface area contributed by atoms with Crippen LogP contribution in [0.4, 0.5) is 10.5 Å². The van der Waals surface area contributed by atoms with Crippen LogP contribution in [0.25, 0.3) is 11.3 Å². The van der Waals surface area contributed by atoms with Crippen molar-refractivity contribution in [2.24, 2.45) is 0 Å². The van der Waals surface area contributed by atoms with Crippen LogP contribution in [-0.2, 0) is 4.74 Å². The number of carbonyl (C=O) groups is 1. The number of amides is 2. The van der Waals surface area contributed by atoms with Crippen LogP contribution in [0.5, 0.6) is 0 Å². The Morgan fingerprint density at radius 3 is 2.79 bits per heavy atom. The second kappa shape index (κ2) is 7.97. The number of aromatic amines is 1. The highest BCUT2D eigenvalue weighted by atomic mass is 16.5. The number of urea groups is 1. The molecule has 0 aliphatic carbocycles. The van der Waals surface area contributed by atoms with E-state index in [0.29, 0.717) is 13.1 Å². The number of ether oxygens (including phenoxy) is 1. The lowest BCUT2D eigenvalue weighted by atomic mass is 10.1.